The molecule has 8 nitrogen and oxygen atoms in total. The lowest BCUT2D eigenvalue weighted by Gasteiger charge is -2.24. The Morgan fingerprint density at radius 3 is 2.78 bits per heavy atom. The van der Waals surface area contributed by atoms with Gasteiger partial charge in [0.1, 0.15) is 22.9 Å². The standard InChI is InChI=1S/C15H15N5O3/c1-20(8-9-2-4-11-12(6-9)19-23-18-11)14(15(21)22)10-3-5-13(16)17-7-10/h2-7,14H,8H2,1H3,(H2,16,17)(H,21,22). The van der Waals surface area contributed by atoms with Crippen molar-refractivity contribution in [3.05, 3.63) is 47.7 Å². The quantitative estimate of drug-likeness (QED) is 0.726. The van der Waals surface area contributed by atoms with Gasteiger partial charge in [-0.2, -0.15) is 0 Å². The molecular weight excluding hydrogens is 298 g/mol. The van der Waals surface area contributed by atoms with Crippen LogP contribution in [0.1, 0.15) is 17.2 Å². The van der Waals surface area contributed by atoms with Crippen molar-refractivity contribution >= 4 is 22.8 Å². The average Bonchev–Trinajstić information content (AvgIpc) is 2.96. The summed E-state index contributed by atoms with van der Waals surface area (Å²) in [5.41, 5.74) is 8.32. The molecule has 0 amide bonds. The highest BCUT2D eigenvalue weighted by molar-refractivity contribution is 5.76. The number of pyridine rings is 1. The van der Waals surface area contributed by atoms with Gasteiger partial charge >= 0.3 is 5.97 Å². The lowest BCUT2D eigenvalue weighted by atomic mass is 10.1. The fourth-order valence-electron chi connectivity index (χ4n) is 2.47. The van der Waals surface area contributed by atoms with Gasteiger partial charge in [0, 0.05) is 12.7 Å². The van der Waals surface area contributed by atoms with Gasteiger partial charge in [0.15, 0.2) is 0 Å². The number of benzene rings is 1. The molecule has 2 aromatic heterocycles. The number of nitrogen functional groups attached to an aromatic ring is 1. The molecule has 0 aliphatic rings. The third-order valence-corrected chi connectivity index (χ3v) is 3.55. The minimum Gasteiger partial charge on any atom is -0.480 e. The summed E-state index contributed by atoms with van der Waals surface area (Å²) in [5, 5.41) is 17.1. The predicted octanol–water partition coefficient (Wildman–Crippen LogP) is 1.46. The summed E-state index contributed by atoms with van der Waals surface area (Å²) in [5.74, 6) is -0.604. The molecular formula is C15H15N5O3. The Morgan fingerprint density at radius 2 is 2.09 bits per heavy atom. The molecule has 3 N–H and O–H groups in total. The number of aliphatic carboxylic acids is 1. The summed E-state index contributed by atoms with van der Waals surface area (Å²) in [6.45, 7) is 0.421. The van der Waals surface area contributed by atoms with Crippen molar-refractivity contribution in [3.63, 3.8) is 0 Å². The molecule has 3 aromatic rings. The van der Waals surface area contributed by atoms with Gasteiger partial charge in [-0.1, -0.05) is 12.1 Å². The number of aromatic nitrogens is 3. The highest BCUT2D eigenvalue weighted by atomic mass is 16.6. The number of carbonyl (C=O) groups is 1. The number of nitrogens with zero attached hydrogens (tertiary/aromatic N) is 4. The van der Waals surface area contributed by atoms with Crippen LogP contribution in [0.3, 0.4) is 0 Å². The molecule has 2 heterocycles. The fraction of sp³-hybridized carbons (Fsp3) is 0.200. The maximum absolute atomic E-state index is 11.6. The molecule has 0 radical (unpaired) electrons. The van der Waals surface area contributed by atoms with Crippen molar-refractivity contribution in [1.29, 1.82) is 0 Å². The first kappa shape index (κ1) is 14.9. The van der Waals surface area contributed by atoms with Gasteiger partial charge in [0.2, 0.25) is 0 Å². The number of likely N-dealkylation sites (N-methyl/N-ethyl adjacent to an activating group) is 1. The van der Waals surface area contributed by atoms with E-state index in [1.165, 1.54) is 6.20 Å². The van der Waals surface area contributed by atoms with Crippen LogP contribution in [0, 0.1) is 0 Å². The normalized spacial score (nSPS) is 12.6. The molecule has 0 saturated carbocycles. The van der Waals surface area contributed by atoms with Crippen molar-refractivity contribution in [1.82, 2.24) is 20.2 Å². The Morgan fingerprint density at radius 1 is 1.30 bits per heavy atom. The van der Waals surface area contributed by atoms with Gasteiger partial charge in [0.25, 0.3) is 0 Å². The summed E-state index contributed by atoms with van der Waals surface area (Å²) in [6.07, 6.45) is 1.48. The van der Waals surface area contributed by atoms with Crippen LogP contribution in [-0.2, 0) is 11.3 Å². The predicted molar refractivity (Wildman–Crippen MR) is 82.3 cm³/mol. The van der Waals surface area contributed by atoms with E-state index < -0.39 is 12.0 Å². The SMILES string of the molecule is CN(Cc1ccc2nonc2c1)C(C(=O)O)c1ccc(N)nc1. The lowest BCUT2D eigenvalue weighted by molar-refractivity contribution is -0.143. The van der Waals surface area contributed by atoms with E-state index in [2.05, 4.69) is 19.9 Å². The highest BCUT2D eigenvalue weighted by Crippen LogP contribution is 2.22. The van der Waals surface area contributed by atoms with E-state index in [1.54, 1.807) is 30.1 Å². The Kier molecular flexibility index (Phi) is 3.90. The second-order valence-electron chi connectivity index (χ2n) is 5.26. The van der Waals surface area contributed by atoms with E-state index in [4.69, 9.17) is 5.73 Å². The summed E-state index contributed by atoms with van der Waals surface area (Å²) in [4.78, 5) is 17.3. The summed E-state index contributed by atoms with van der Waals surface area (Å²) >= 11 is 0. The van der Waals surface area contributed by atoms with Crippen molar-refractivity contribution < 1.29 is 14.5 Å². The number of fused-ring (bicyclic) bond motifs is 1. The molecule has 23 heavy (non-hydrogen) atoms. The maximum atomic E-state index is 11.6. The largest absolute Gasteiger partial charge is 0.480 e. The number of nitrogens with two attached hydrogens (primary N) is 1. The molecule has 0 fully saturated rings. The van der Waals surface area contributed by atoms with Crippen molar-refractivity contribution in [2.24, 2.45) is 0 Å². The van der Waals surface area contributed by atoms with E-state index in [-0.39, 0.29) is 0 Å². The molecule has 0 bridgehead atoms. The zero-order chi connectivity index (χ0) is 16.4. The average molecular weight is 313 g/mol. The molecule has 1 atom stereocenters. The monoisotopic (exact) mass is 313 g/mol. The van der Waals surface area contributed by atoms with E-state index in [9.17, 15) is 9.90 Å². The third-order valence-electron chi connectivity index (χ3n) is 3.55. The first-order chi connectivity index (χ1) is 11.0. The van der Waals surface area contributed by atoms with Gasteiger partial charge in [-0.05, 0) is 46.7 Å². The van der Waals surface area contributed by atoms with Crippen molar-refractivity contribution in [2.75, 3.05) is 12.8 Å². The fourth-order valence-corrected chi connectivity index (χ4v) is 2.47. The molecule has 1 aromatic carbocycles. The summed E-state index contributed by atoms with van der Waals surface area (Å²) < 4.78 is 4.66. The molecule has 3 rings (SSSR count). The highest BCUT2D eigenvalue weighted by Gasteiger charge is 2.25. The molecule has 1 unspecified atom stereocenters. The van der Waals surface area contributed by atoms with Gasteiger partial charge in [0.05, 0.1) is 0 Å². The number of rotatable bonds is 5. The zero-order valence-electron chi connectivity index (χ0n) is 12.4. The van der Waals surface area contributed by atoms with E-state index in [0.717, 1.165) is 5.56 Å². The van der Waals surface area contributed by atoms with Crippen molar-refractivity contribution in [3.8, 4) is 0 Å². The Bertz CT molecular complexity index is 831. The smallest absolute Gasteiger partial charge is 0.325 e. The first-order valence-corrected chi connectivity index (χ1v) is 6.90. The zero-order valence-corrected chi connectivity index (χ0v) is 12.4. The van der Waals surface area contributed by atoms with E-state index >= 15 is 0 Å². The maximum Gasteiger partial charge on any atom is 0.325 e. The minimum atomic E-state index is -0.955. The van der Waals surface area contributed by atoms with Crippen LogP contribution in [0.2, 0.25) is 0 Å². The summed E-state index contributed by atoms with van der Waals surface area (Å²) in [6, 6.07) is 7.91. The Labute approximate surface area is 131 Å². The van der Waals surface area contributed by atoms with Gasteiger partial charge < -0.3 is 10.8 Å². The minimum absolute atomic E-state index is 0.351. The number of carboxylic acid groups (broad SMARTS) is 1. The summed E-state index contributed by atoms with van der Waals surface area (Å²) in [7, 11) is 1.74. The van der Waals surface area contributed by atoms with Crippen LogP contribution >= 0.6 is 0 Å². The van der Waals surface area contributed by atoms with Crippen LogP contribution in [0.25, 0.3) is 11.0 Å². The number of carboxylic acids is 1. The van der Waals surface area contributed by atoms with Crippen LogP contribution < -0.4 is 5.73 Å². The van der Waals surface area contributed by atoms with Gasteiger partial charge in [-0.3, -0.25) is 9.69 Å². The third kappa shape index (κ3) is 3.11. The lowest BCUT2D eigenvalue weighted by Crippen LogP contribution is -2.30. The van der Waals surface area contributed by atoms with Gasteiger partial charge in [-0.15, -0.1) is 0 Å². The van der Waals surface area contributed by atoms with Crippen molar-refractivity contribution in [2.45, 2.75) is 12.6 Å². The first-order valence-electron chi connectivity index (χ1n) is 6.90. The Hall–Kier alpha value is -3.00. The number of hydrogen-bond acceptors (Lipinski definition) is 7. The Balaban J connectivity index is 1.84. The molecule has 0 saturated heterocycles. The number of hydrogen-bond donors (Lipinski definition) is 2. The van der Waals surface area contributed by atoms with Crippen LogP contribution in [0.15, 0.2) is 41.2 Å². The number of anilines is 1. The van der Waals surface area contributed by atoms with Crippen LogP contribution in [0.4, 0.5) is 5.82 Å². The van der Waals surface area contributed by atoms with Gasteiger partial charge in [-0.25, -0.2) is 9.61 Å². The second-order valence-corrected chi connectivity index (χ2v) is 5.26. The topological polar surface area (TPSA) is 118 Å². The van der Waals surface area contributed by atoms with E-state index in [0.29, 0.717) is 29.0 Å². The molecule has 118 valence electrons. The van der Waals surface area contributed by atoms with Crippen LogP contribution in [-0.4, -0.2) is 38.3 Å². The second kappa shape index (κ2) is 6.01. The molecule has 8 heteroatoms. The molecule has 0 aliphatic carbocycles. The molecule has 0 spiro atoms. The van der Waals surface area contributed by atoms with E-state index in [1.807, 2.05) is 12.1 Å². The van der Waals surface area contributed by atoms with Crippen LogP contribution in [0.5, 0.6) is 0 Å². The molecule has 0 aliphatic heterocycles.